The highest BCUT2D eigenvalue weighted by Gasteiger charge is 2.27. The van der Waals surface area contributed by atoms with Crippen LogP contribution in [0.1, 0.15) is 30.3 Å². The van der Waals surface area contributed by atoms with Crippen molar-refractivity contribution in [2.75, 3.05) is 0 Å². The van der Waals surface area contributed by atoms with Crippen molar-refractivity contribution in [3.05, 3.63) is 23.2 Å². The van der Waals surface area contributed by atoms with E-state index in [4.69, 9.17) is 4.74 Å². The van der Waals surface area contributed by atoms with Gasteiger partial charge in [-0.05, 0) is 37.3 Å². The molecule has 1 atom stereocenters. The zero-order chi connectivity index (χ0) is 13.4. The Bertz CT molecular complexity index is 598. The second-order valence-electron chi connectivity index (χ2n) is 4.71. The zero-order valence-corrected chi connectivity index (χ0v) is 11.3. The van der Waals surface area contributed by atoms with E-state index in [0.29, 0.717) is 5.69 Å². The van der Waals surface area contributed by atoms with E-state index < -0.39 is 12.1 Å². The van der Waals surface area contributed by atoms with Crippen molar-refractivity contribution in [2.24, 2.45) is 0 Å². The zero-order valence-electron chi connectivity index (χ0n) is 10.4. The van der Waals surface area contributed by atoms with Crippen LogP contribution in [0.25, 0.3) is 10.2 Å². The van der Waals surface area contributed by atoms with Gasteiger partial charge in [-0.2, -0.15) is 0 Å². The number of carbonyl (C=O) groups excluding carboxylic acids is 2. The molecule has 0 aliphatic heterocycles. The Morgan fingerprint density at radius 3 is 3.00 bits per heavy atom. The van der Waals surface area contributed by atoms with Gasteiger partial charge in [-0.3, -0.25) is 4.79 Å². The van der Waals surface area contributed by atoms with Crippen molar-refractivity contribution in [3.8, 4) is 0 Å². The van der Waals surface area contributed by atoms with Crippen molar-refractivity contribution in [2.45, 2.75) is 31.9 Å². The molecule has 2 aromatic rings. The number of thiophene rings is 1. The minimum absolute atomic E-state index is 0.232. The van der Waals surface area contributed by atoms with Crippen LogP contribution in [0.5, 0.6) is 0 Å². The third-order valence-electron chi connectivity index (χ3n) is 3.04. The highest BCUT2D eigenvalue weighted by atomic mass is 32.1. The average molecular weight is 278 g/mol. The topological polar surface area (TPSA) is 71.2 Å². The largest absolute Gasteiger partial charge is 0.448 e. The van der Waals surface area contributed by atoms with Crippen molar-refractivity contribution in [1.82, 2.24) is 10.3 Å². The quantitative estimate of drug-likeness (QED) is 0.841. The van der Waals surface area contributed by atoms with Crippen LogP contribution >= 0.6 is 11.3 Å². The van der Waals surface area contributed by atoms with Crippen LogP contribution in [0.3, 0.4) is 0 Å². The lowest BCUT2D eigenvalue weighted by molar-refractivity contribution is -0.129. The Labute approximate surface area is 113 Å². The predicted molar refractivity (Wildman–Crippen MR) is 72.2 cm³/mol. The fraction of sp³-hybridized carbons (Fsp3) is 0.385. The molecule has 1 aliphatic carbocycles. The van der Waals surface area contributed by atoms with E-state index in [2.05, 4.69) is 10.3 Å². The SMILES string of the molecule is CC(OC(=O)c1cc2sccc2[nH]1)C(=O)NC1CC1. The van der Waals surface area contributed by atoms with Crippen molar-refractivity contribution in [1.29, 1.82) is 0 Å². The third kappa shape index (κ3) is 2.63. The molecule has 3 rings (SSSR count). The van der Waals surface area contributed by atoms with Gasteiger partial charge in [0.05, 0.1) is 10.2 Å². The standard InChI is InChI=1S/C13H14N2O3S/c1-7(12(16)14-8-2-3-8)18-13(17)10-6-11-9(15-10)4-5-19-11/h4-8,15H,2-3H2,1H3,(H,14,16). The first-order chi connectivity index (χ1) is 9.13. The van der Waals surface area contributed by atoms with Crippen LogP contribution in [0.2, 0.25) is 0 Å². The van der Waals surface area contributed by atoms with Gasteiger partial charge >= 0.3 is 5.97 Å². The molecule has 2 aromatic heterocycles. The molecule has 0 radical (unpaired) electrons. The van der Waals surface area contributed by atoms with Crippen LogP contribution < -0.4 is 5.32 Å². The Morgan fingerprint density at radius 2 is 2.32 bits per heavy atom. The lowest BCUT2D eigenvalue weighted by Crippen LogP contribution is -2.37. The number of H-pyrrole nitrogens is 1. The normalized spacial score (nSPS) is 16.3. The van der Waals surface area contributed by atoms with E-state index in [0.717, 1.165) is 23.1 Å². The van der Waals surface area contributed by atoms with E-state index in [1.165, 1.54) is 0 Å². The van der Waals surface area contributed by atoms with Gasteiger partial charge in [0, 0.05) is 6.04 Å². The van der Waals surface area contributed by atoms with Gasteiger partial charge in [0.2, 0.25) is 0 Å². The lowest BCUT2D eigenvalue weighted by Gasteiger charge is -2.12. The van der Waals surface area contributed by atoms with E-state index >= 15 is 0 Å². The molecule has 0 aromatic carbocycles. The van der Waals surface area contributed by atoms with E-state index in [-0.39, 0.29) is 11.9 Å². The van der Waals surface area contributed by atoms with E-state index in [1.807, 2.05) is 11.4 Å². The Morgan fingerprint density at radius 1 is 1.53 bits per heavy atom. The minimum Gasteiger partial charge on any atom is -0.448 e. The molecule has 100 valence electrons. The molecule has 0 spiro atoms. The first kappa shape index (κ1) is 12.2. The minimum atomic E-state index is -0.769. The first-order valence-corrected chi connectivity index (χ1v) is 7.09. The number of hydrogen-bond acceptors (Lipinski definition) is 4. The molecule has 19 heavy (non-hydrogen) atoms. The molecule has 6 heteroatoms. The highest BCUT2D eigenvalue weighted by Crippen LogP contribution is 2.22. The van der Waals surface area contributed by atoms with Crippen LogP contribution in [0.15, 0.2) is 17.5 Å². The molecule has 2 N–H and O–H groups in total. The Balaban J connectivity index is 1.63. The second-order valence-corrected chi connectivity index (χ2v) is 5.66. The van der Waals surface area contributed by atoms with Crippen LogP contribution in [-0.2, 0) is 9.53 Å². The van der Waals surface area contributed by atoms with Crippen LogP contribution in [0.4, 0.5) is 0 Å². The van der Waals surface area contributed by atoms with Gasteiger partial charge in [-0.1, -0.05) is 0 Å². The number of carbonyl (C=O) groups is 2. The second kappa shape index (κ2) is 4.70. The summed E-state index contributed by atoms with van der Waals surface area (Å²) >= 11 is 1.55. The highest BCUT2D eigenvalue weighted by molar-refractivity contribution is 7.17. The van der Waals surface area contributed by atoms with Gasteiger partial charge < -0.3 is 15.0 Å². The number of amides is 1. The molecule has 1 aliphatic rings. The number of esters is 1. The van der Waals surface area contributed by atoms with E-state index in [1.54, 1.807) is 24.3 Å². The fourth-order valence-electron chi connectivity index (χ4n) is 1.78. The van der Waals surface area contributed by atoms with Gasteiger partial charge in [0.25, 0.3) is 5.91 Å². The molecule has 1 unspecified atom stereocenters. The Kier molecular flexibility index (Phi) is 3.02. The summed E-state index contributed by atoms with van der Waals surface area (Å²) in [5, 5.41) is 4.75. The van der Waals surface area contributed by atoms with Gasteiger partial charge in [0.1, 0.15) is 5.69 Å². The van der Waals surface area contributed by atoms with Crippen LogP contribution in [0, 0.1) is 0 Å². The molecule has 1 amide bonds. The number of rotatable bonds is 4. The summed E-state index contributed by atoms with van der Waals surface area (Å²) < 4.78 is 6.15. The number of nitrogens with one attached hydrogen (secondary N) is 2. The predicted octanol–water partition coefficient (Wildman–Crippen LogP) is 2.05. The summed E-state index contributed by atoms with van der Waals surface area (Å²) in [6.45, 7) is 1.58. The summed E-state index contributed by atoms with van der Waals surface area (Å²) in [6, 6.07) is 3.91. The maximum atomic E-state index is 11.9. The van der Waals surface area contributed by atoms with Crippen molar-refractivity contribution < 1.29 is 14.3 Å². The van der Waals surface area contributed by atoms with E-state index in [9.17, 15) is 9.59 Å². The van der Waals surface area contributed by atoms with Gasteiger partial charge in [-0.25, -0.2) is 4.79 Å². The number of fused-ring (bicyclic) bond motifs is 1. The summed E-state index contributed by atoms with van der Waals surface area (Å²) in [5.41, 5.74) is 1.29. The third-order valence-corrected chi connectivity index (χ3v) is 3.90. The molecular formula is C13H14N2O3S. The smallest absolute Gasteiger partial charge is 0.355 e. The molecule has 2 heterocycles. The molecular weight excluding hydrogens is 264 g/mol. The van der Waals surface area contributed by atoms with Gasteiger partial charge in [-0.15, -0.1) is 11.3 Å². The fourth-order valence-corrected chi connectivity index (χ4v) is 2.56. The maximum Gasteiger partial charge on any atom is 0.355 e. The molecule has 1 fully saturated rings. The lowest BCUT2D eigenvalue weighted by atomic mass is 10.3. The average Bonchev–Trinajstić information content (AvgIpc) is 2.91. The number of aromatic nitrogens is 1. The Hall–Kier alpha value is -1.82. The molecule has 1 saturated carbocycles. The molecule has 5 nitrogen and oxygen atoms in total. The number of hydrogen-bond donors (Lipinski definition) is 2. The summed E-state index contributed by atoms with van der Waals surface area (Å²) in [6.07, 6.45) is 1.26. The summed E-state index contributed by atoms with van der Waals surface area (Å²) in [4.78, 5) is 26.6. The van der Waals surface area contributed by atoms with Crippen molar-refractivity contribution in [3.63, 3.8) is 0 Å². The maximum absolute atomic E-state index is 11.9. The summed E-state index contributed by atoms with van der Waals surface area (Å²) in [7, 11) is 0. The number of aromatic amines is 1. The first-order valence-electron chi connectivity index (χ1n) is 6.21. The van der Waals surface area contributed by atoms with Crippen molar-refractivity contribution >= 4 is 33.4 Å². The monoisotopic (exact) mass is 278 g/mol. The molecule has 0 saturated heterocycles. The molecule has 0 bridgehead atoms. The summed E-state index contributed by atoms with van der Waals surface area (Å²) in [5.74, 6) is -0.730. The van der Waals surface area contributed by atoms with Gasteiger partial charge in [0.15, 0.2) is 6.10 Å². The van der Waals surface area contributed by atoms with Crippen LogP contribution in [-0.4, -0.2) is 29.0 Å². The number of ether oxygens (including phenoxy) is 1.